The zero-order valence-electron chi connectivity index (χ0n) is 16.9. The predicted molar refractivity (Wildman–Crippen MR) is 125 cm³/mol. The molecule has 2 aromatic carbocycles. The zero-order chi connectivity index (χ0) is 22.5. The molecule has 0 aliphatic carbocycles. The van der Waals surface area contributed by atoms with E-state index >= 15 is 0 Å². The minimum atomic E-state index is -0.399. The van der Waals surface area contributed by atoms with Gasteiger partial charge in [0.15, 0.2) is 10.9 Å². The molecule has 2 heterocycles. The highest BCUT2D eigenvalue weighted by Gasteiger charge is 2.17. The Hall–Kier alpha value is -3.43. The van der Waals surface area contributed by atoms with Crippen molar-refractivity contribution in [1.82, 2.24) is 4.98 Å². The molecule has 0 bridgehead atoms. The molecule has 2 N–H and O–H groups in total. The summed E-state index contributed by atoms with van der Waals surface area (Å²) in [6, 6.07) is 16.5. The van der Waals surface area contributed by atoms with Gasteiger partial charge in [0.05, 0.1) is 17.2 Å². The summed E-state index contributed by atoms with van der Waals surface area (Å²) in [6.45, 7) is 1.79. The maximum atomic E-state index is 13.1. The van der Waals surface area contributed by atoms with Gasteiger partial charge < -0.3 is 15.1 Å². The standard InChI is InChI=1S/C23H18FN3O3S2/c1-14(21(28)27-23-26-19(13-31-23)15-7-9-16(24)10-8-15)32-18-5-2-4-17(12-18)25-22(29)20-6-3-11-30-20/h2-14H,1H3,(H,25,29)(H,26,27,28). The fourth-order valence-corrected chi connectivity index (χ4v) is 4.45. The Morgan fingerprint density at radius 3 is 2.66 bits per heavy atom. The first-order valence-corrected chi connectivity index (χ1v) is 11.4. The highest BCUT2D eigenvalue weighted by molar-refractivity contribution is 8.00. The molecule has 2 amide bonds. The van der Waals surface area contributed by atoms with Gasteiger partial charge >= 0.3 is 0 Å². The van der Waals surface area contributed by atoms with Crippen LogP contribution in [0, 0.1) is 5.82 Å². The lowest BCUT2D eigenvalue weighted by Crippen LogP contribution is -2.22. The number of anilines is 2. The zero-order valence-corrected chi connectivity index (χ0v) is 18.5. The van der Waals surface area contributed by atoms with Crippen LogP contribution in [0.25, 0.3) is 11.3 Å². The van der Waals surface area contributed by atoms with Crippen LogP contribution in [0.3, 0.4) is 0 Å². The Morgan fingerprint density at radius 2 is 1.91 bits per heavy atom. The van der Waals surface area contributed by atoms with Crippen LogP contribution in [0.5, 0.6) is 0 Å². The fourth-order valence-electron chi connectivity index (χ4n) is 2.80. The van der Waals surface area contributed by atoms with Gasteiger partial charge in [0, 0.05) is 21.5 Å². The van der Waals surface area contributed by atoms with E-state index in [-0.39, 0.29) is 23.4 Å². The van der Waals surface area contributed by atoms with Crippen molar-refractivity contribution in [1.29, 1.82) is 0 Å². The number of thioether (sulfide) groups is 1. The smallest absolute Gasteiger partial charge is 0.291 e. The van der Waals surface area contributed by atoms with Gasteiger partial charge in [-0.25, -0.2) is 9.37 Å². The summed E-state index contributed by atoms with van der Waals surface area (Å²) >= 11 is 2.67. The van der Waals surface area contributed by atoms with E-state index in [4.69, 9.17) is 4.42 Å². The number of furan rings is 1. The Balaban J connectivity index is 1.36. The van der Waals surface area contributed by atoms with E-state index in [0.717, 1.165) is 10.5 Å². The van der Waals surface area contributed by atoms with E-state index in [1.54, 1.807) is 49.4 Å². The number of rotatable bonds is 7. The van der Waals surface area contributed by atoms with Crippen LogP contribution in [0.15, 0.2) is 81.6 Å². The molecule has 0 radical (unpaired) electrons. The van der Waals surface area contributed by atoms with Gasteiger partial charge in [-0.1, -0.05) is 6.07 Å². The van der Waals surface area contributed by atoms with Crippen LogP contribution in [0.1, 0.15) is 17.5 Å². The molecule has 6 nitrogen and oxygen atoms in total. The van der Waals surface area contributed by atoms with Crippen LogP contribution in [0.2, 0.25) is 0 Å². The third-order valence-electron chi connectivity index (χ3n) is 4.39. The number of nitrogens with one attached hydrogen (secondary N) is 2. The first-order chi connectivity index (χ1) is 15.5. The Bertz CT molecular complexity index is 1220. The number of benzene rings is 2. The fraction of sp³-hybridized carbons (Fsp3) is 0.0870. The molecular formula is C23H18FN3O3S2. The van der Waals surface area contributed by atoms with Gasteiger partial charge in [-0.05, 0) is 61.5 Å². The van der Waals surface area contributed by atoms with Crippen LogP contribution in [0.4, 0.5) is 15.2 Å². The first-order valence-electron chi connectivity index (χ1n) is 9.62. The Morgan fingerprint density at radius 1 is 1.09 bits per heavy atom. The van der Waals surface area contributed by atoms with Crippen molar-refractivity contribution < 1.29 is 18.4 Å². The number of carbonyl (C=O) groups excluding carboxylic acids is 2. The second kappa shape index (κ2) is 9.80. The molecule has 9 heteroatoms. The van der Waals surface area contributed by atoms with E-state index in [1.165, 1.54) is 41.5 Å². The second-order valence-corrected chi connectivity index (χ2v) is 9.03. The average Bonchev–Trinajstić information content (AvgIpc) is 3.47. The van der Waals surface area contributed by atoms with Crippen LogP contribution in [-0.4, -0.2) is 22.0 Å². The normalized spacial score (nSPS) is 11.7. The lowest BCUT2D eigenvalue weighted by Gasteiger charge is -2.11. The summed E-state index contributed by atoms with van der Waals surface area (Å²) in [4.78, 5) is 30.0. The van der Waals surface area contributed by atoms with Crippen LogP contribution < -0.4 is 10.6 Å². The molecule has 0 saturated carbocycles. The van der Waals surface area contributed by atoms with Gasteiger partial charge in [0.1, 0.15) is 5.82 Å². The number of aromatic nitrogens is 1. The van der Waals surface area contributed by atoms with Gasteiger partial charge in [-0.3, -0.25) is 9.59 Å². The Kier molecular flexibility index (Phi) is 6.67. The van der Waals surface area contributed by atoms with E-state index < -0.39 is 5.25 Å². The van der Waals surface area contributed by atoms with E-state index in [9.17, 15) is 14.0 Å². The number of halogens is 1. The van der Waals surface area contributed by atoms with E-state index in [2.05, 4.69) is 15.6 Å². The highest BCUT2D eigenvalue weighted by atomic mass is 32.2. The van der Waals surface area contributed by atoms with Crippen molar-refractivity contribution in [3.63, 3.8) is 0 Å². The number of thiazole rings is 1. The van der Waals surface area contributed by atoms with Crippen LogP contribution in [-0.2, 0) is 4.79 Å². The van der Waals surface area contributed by atoms with Crippen molar-refractivity contribution in [2.45, 2.75) is 17.1 Å². The van der Waals surface area contributed by atoms with Gasteiger partial charge in [0.2, 0.25) is 5.91 Å². The maximum absolute atomic E-state index is 13.1. The summed E-state index contributed by atoms with van der Waals surface area (Å²) < 4.78 is 18.2. The van der Waals surface area contributed by atoms with E-state index in [0.29, 0.717) is 16.5 Å². The van der Waals surface area contributed by atoms with Gasteiger partial charge in [0.25, 0.3) is 5.91 Å². The minimum Gasteiger partial charge on any atom is -0.459 e. The molecule has 0 saturated heterocycles. The lowest BCUT2D eigenvalue weighted by molar-refractivity contribution is -0.115. The third kappa shape index (κ3) is 5.43. The number of nitrogens with zero attached hydrogens (tertiary/aromatic N) is 1. The summed E-state index contributed by atoms with van der Waals surface area (Å²) in [6.07, 6.45) is 1.44. The lowest BCUT2D eigenvalue weighted by atomic mass is 10.2. The van der Waals surface area contributed by atoms with Crippen molar-refractivity contribution in [3.8, 4) is 11.3 Å². The molecule has 0 spiro atoms. The van der Waals surface area contributed by atoms with Crippen molar-refractivity contribution >= 4 is 45.7 Å². The molecule has 2 aromatic heterocycles. The first kappa shape index (κ1) is 21.8. The molecule has 0 aliphatic heterocycles. The van der Waals surface area contributed by atoms with Crippen molar-refractivity contribution in [3.05, 3.63) is 83.9 Å². The second-order valence-electron chi connectivity index (χ2n) is 6.75. The van der Waals surface area contributed by atoms with Gasteiger partial charge in [-0.15, -0.1) is 23.1 Å². The summed E-state index contributed by atoms with van der Waals surface area (Å²) in [7, 11) is 0. The third-order valence-corrected chi connectivity index (χ3v) is 6.24. The predicted octanol–water partition coefficient (Wildman–Crippen LogP) is 5.91. The van der Waals surface area contributed by atoms with Crippen LogP contribution >= 0.6 is 23.1 Å². The largest absolute Gasteiger partial charge is 0.459 e. The maximum Gasteiger partial charge on any atom is 0.291 e. The summed E-state index contributed by atoms with van der Waals surface area (Å²) in [5.74, 6) is -0.629. The molecule has 4 aromatic rings. The minimum absolute atomic E-state index is 0.194. The van der Waals surface area contributed by atoms with E-state index in [1.807, 2.05) is 11.4 Å². The number of hydrogen-bond acceptors (Lipinski definition) is 6. The molecule has 1 unspecified atom stereocenters. The number of hydrogen-bond donors (Lipinski definition) is 2. The summed E-state index contributed by atoms with van der Waals surface area (Å²) in [5.41, 5.74) is 2.05. The molecule has 162 valence electrons. The molecule has 0 fully saturated rings. The monoisotopic (exact) mass is 467 g/mol. The number of amides is 2. The average molecular weight is 468 g/mol. The van der Waals surface area contributed by atoms with Gasteiger partial charge in [-0.2, -0.15) is 0 Å². The topological polar surface area (TPSA) is 84.2 Å². The molecular weight excluding hydrogens is 449 g/mol. The Labute approximate surface area is 191 Å². The molecule has 4 rings (SSSR count). The molecule has 1 atom stereocenters. The highest BCUT2D eigenvalue weighted by Crippen LogP contribution is 2.29. The molecule has 32 heavy (non-hydrogen) atoms. The summed E-state index contributed by atoms with van der Waals surface area (Å²) in [5, 5.41) is 7.48. The molecule has 0 aliphatic rings. The SMILES string of the molecule is CC(Sc1cccc(NC(=O)c2ccco2)c1)C(=O)Nc1nc(-c2ccc(F)cc2)cs1. The van der Waals surface area contributed by atoms with Crippen molar-refractivity contribution in [2.24, 2.45) is 0 Å². The quantitative estimate of drug-likeness (QED) is 0.330. The van der Waals surface area contributed by atoms with Crippen molar-refractivity contribution in [2.75, 3.05) is 10.6 Å². The number of carbonyl (C=O) groups is 2.